The molecule has 1 saturated heterocycles. The molecular formula is C13H21N3O. The van der Waals surface area contributed by atoms with Crippen molar-refractivity contribution < 1.29 is 4.74 Å². The molecule has 0 unspecified atom stereocenters. The van der Waals surface area contributed by atoms with Gasteiger partial charge < -0.3 is 15.0 Å². The molecule has 1 aliphatic rings. The third-order valence-corrected chi connectivity index (χ3v) is 3.38. The van der Waals surface area contributed by atoms with Gasteiger partial charge in [0.2, 0.25) is 5.88 Å². The number of hydrogen-bond acceptors (Lipinski definition) is 4. The predicted octanol–water partition coefficient (Wildman–Crippen LogP) is 1.84. The Morgan fingerprint density at radius 3 is 2.94 bits per heavy atom. The number of hydrogen-bond donors (Lipinski definition) is 1. The molecule has 0 radical (unpaired) electrons. The first-order chi connectivity index (χ1) is 8.28. The summed E-state index contributed by atoms with van der Waals surface area (Å²) in [5.41, 5.74) is 1.09. The molecule has 17 heavy (non-hydrogen) atoms. The van der Waals surface area contributed by atoms with E-state index >= 15 is 0 Å². The maximum absolute atomic E-state index is 5.10. The van der Waals surface area contributed by atoms with Crippen molar-refractivity contribution in [2.45, 2.75) is 12.8 Å². The molecule has 4 heteroatoms. The summed E-state index contributed by atoms with van der Waals surface area (Å²) in [6, 6.07) is 3.92. The number of likely N-dealkylation sites (tertiary alicyclic amines) is 1. The van der Waals surface area contributed by atoms with Gasteiger partial charge in [0.25, 0.3) is 0 Å². The van der Waals surface area contributed by atoms with E-state index in [0.29, 0.717) is 5.88 Å². The van der Waals surface area contributed by atoms with Gasteiger partial charge in [0, 0.05) is 24.5 Å². The summed E-state index contributed by atoms with van der Waals surface area (Å²) in [5.74, 6) is 1.45. The zero-order valence-corrected chi connectivity index (χ0v) is 10.6. The lowest BCUT2D eigenvalue weighted by Gasteiger charge is -2.29. The molecule has 0 bridgehead atoms. The quantitative estimate of drug-likeness (QED) is 0.864. The average molecular weight is 235 g/mol. The van der Waals surface area contributed by atoms with E-state index in [-0.39, 0.29) is 0 Å². The SMILES string of the molecule is COc1cc(NCC2CCN(C)CC2)ccn1. The van der Waals surface area contributed by atoms with Crippen LogP contribution in [0.25, 0.3) is 0 Å². The van der Waals surface area contributed by atoms with Crippen LogP contribution in [0.2, 0.25) is 0 Å². The number of anilines is 1. The molecule has 0 spiro atoms. The number of nitrogens with one attached hydrogen (secondary N) is 1. The molecule has 1 N–H and O–H groups in total. The largest absolute Gasteiger partial charge is 0.481 e. The Bertz CT molecular complexity index is 348. The van der Waals surface area contributed by atoms with Crippen LogP contribution >= 0.6 is 0 Å². The van der Waals surface area contributed by atoms with Crippen molar-refractivity contribution in [1.29, 1.82) is 0 Å². The maximum atomic E-state index is 5.10. The minimum absolute atomic E-state index is 0.665. The Labute approximate surface area is 103 Å². The van der Waals surface area contributed by atoms with Crippen molar-refractivity contribution in [3.05, 3.63) is 18.3 Å². The van der Waals surface area contributed by atoms with Crippen molar-refractivity contribution in [3.8, 4) is 5.88 Å². The van der Waals surface area contributed by atoms with Crippen LogP contribution in [0.3, 0.4) is 0 Å². The molecule has 1 aromatic heterocycles. The number of nitrogens with zero attached hydrogens (tertiary/aromatic N) is 2. The highest BCUT2D eigenvalue weighted by atomic mass is 16.5. The Hall–Kier alpha value is -1.29. The van der Waals surface area contributed by atoms with Gasteiger partial charge in [-0.2, -0.15) is 0 Å². The van der Waals surface area contributed by atoms with Crippen LogP contribution in [0.1, 0.15) is 12.8 Å². The van der Waals surface area contributed by atoms with Gasteiger partial charge >= 0.3 is 0 Å². The van der Waals surface area contributed by atoms with Crippen LogP contribution in [-0.4, -0.2) is 43.7 Å². The topological polar surface area (TPSA) is 37.4 Å². The summed E-state index contributed by atoms with van der Waals surface area (Å²) in [7, 11) is 3.83. The highest BCUT2D eigenvalue weighted by Crippen LogP contribution is 2.18. The minimum atomic E-state index is 0.665. The number of piperidine rings is 1. The van der Waals surface area contributed by atoms with Crippen LogP contribution in [-0.2, 0) is 0 Å². The van der Waals surface area contributed by atoms with E-state index in [9.17, 15) is 0 Å². The molecule has 4 nitrogen and oxygen atoms in total. The second-order valence-corrected chi connectivity index (χ2v) is 4.71. The number of pyridine rings is 1. The maximum Gasteiger partial charge on any atom is 0.214 e. The van der Waals surface area contributed by atoms with Gasteiger partial charge in [-0.05, 0) is 45.0 Å². The van der Waals surface area contributed by atoms with Gasteiger partial charge in [0.15, 0.2) is 0 Å². The van der Waals surface area contributed by atoms with Crippen molar-refractivity contribution in [2.24, 2.45) is 5.92 Å². The zero-order valence-electron chi connectivity index (χ0n) is 10.6. The zero-order chi connectivity index (χ0) is 12.1. The van der Waals surface area contributed by atoms with Gasteiger partial charge in [-0.1, -0.05) is 0 Å². The lowest BCUT2D eigenvalue weighted by Crippen LogP contribution is -2.32. The number of rotatable bonds is 4. The van der Waals surface area contributed by atoms with E-state index in [1.54, 1.807) is 13.3 Å². The average Bonchev–Trinajstić information content (AvgIpc) is 2.38. The number of aromatic nitrogens is 1. The Morgan fingerprint density at radius 2 is 2.24 bits per heavy atom. The fourth-order valence-corrected chi connectivity index (χ4v) is 2.16. The number of ether oxygens (including phenoxy) is 1. The van der Waals surface area contributed by atoms with E-state index in [4.69, 9.17) is 4.74 Å². The summed E-state index contributed by atoms with van der Waals surface area (Å²) < 4.78 is 5.10. The van der Waals surface area contributed by atoms with Gasteiger partial charge in [0.05, 0.1) is 7.11 Å². The monoisotopic (exact) mass is 235 g/mol. The van der Waals surface area contributed by atoms with Gasteiger partial charge in [-0.3, -0.25) is 0 Å². The molecule has 0 aromatic carbocycles. The Kier molecular flexibility index (Phi) is 4.20. The van der Waals surface area contributed by atoms with Crippen LogP contribution in [0.4, 0.5) is 5.69 Å². The van der Waals surface area contributed by atoms with E-state index in [2.05, 4.69) is 22.2 Å². The summed E-state index contributed by atoms with van der Waals surface area (Å²) in [6.45, 7) is 3.47. The third-order valence-electron chi connectivity index (χ3n) is 3.38. The van der Waals surface area contributed by atoms with E-state index < -0.39 is 0 Å². The van der Waals surface area contributed by atoms with Crippen molar-refractivity contribution in [1.82, 2.24) is 9.88 Å². The van der Waals surface area contributed by atoms with Crippen molar-refractivity contribution in [2.75, 3.05) is 39.1 Å². The number of methoxy groups -OCH3 is 1. The third kappa shape index (κ3) is 3.60. The highest BCUT2D eigenvalue weighted by molar-refractivity contribution is 5.44. The fourth-order valence-electron chi connectivity index (χ4n) is 2.16. The first-order valence-electron chi connectivity index (χ1n) is 6.20. The summed E-state index contributed by atoms with van der Waals surface area (Å²) in [6.07, 6.45) is 4.34. The molecule has 0 atom stereocenters. The molecule has 1 fully saturated rings. The fraction of sp³-hybridized carbons (Fsp3) is 0.615. The summed E-state index contributed by atoms with van der Waals surface area (Å²) >= 11 is 0. The van der Waals surface area contributed by atoms with Gasteiger partial charge in [0.1, 0.15) is 0 Å². The van der Waals surface area contributed by atoms with E-state index in [1.165, 1.54) is 25.9 Å². The Morgan fingerprint density at radius 1 is 1.47 bits per heavy atom. The molecule has 2 rings (SSSR count). The predicted molar refractivity (Wildman–Crippen MR) is 69.5 cm³/mol. The molecule has 1 aromatic rings. The Balaban J connectivity index is 1.81. The molecule has 1 aliphatic heterocycles. The van der Waals surface area contributed by atoms with E-state index in [0.717, 1.165) is 18.2 Å². The normalized spacial score (nSPS) is 18.0. The second kappa shape index (κ2) is 5.87. The first-order valence-corrected chi connectivity index (χ1v) is 6.20. The van der Waals surface area contributed by atoms with Crippen LogP contribution < -0.4 is 10.1 Å². The van der Waals surface area contributed by atoms with Gasteiger partial charge in [-0.15, -0.1) is 0 Å². The highest BCUT2D eigenvalue weighted by Gasteiger charge is 2.16. The second-order valence-electron chi connectivity index (χ2n) is 4.71. The summed E-state index contributed by atoms with van der Waals surface area (Å²) in [4.78, 5) is 6.49. The standard InChI is InChI=1S/C13H21N3O/c1-16-7-4-11(5-8-16)10-15-12-3-6-14-13(9-12)17-2/h3,6,9,11H,4-5,7-8,10H2,1-2H3,(H,14,15). The molecular weight excluding hydrogens is 214 g/mol. The lowest BCUT2D eigenvalue weighted by atomic mass is 9.97. The van der Waals surface area contributed by atoms with Crippen molar-refractivity contribution >= 4 is 5.69 Å². The minimum Gasteiger partial charge on any atom is -0.481 e. The smallest absolute Gasteiger partial charge is 0.214 e. The first kappa shape index (κ1) is 12.2. The lowest BCUT2D eigenvalue weighted by molar-refractivity contribution is 0.226. The molecule has 94 valence electrons. The molecule has 0 amide bonds. The molecule has 0 aliphatic carbocycles. The van der Waals surface area contributed by atoms with E-state index in [1.807, 2.05) is 12.1 Å². The van der Waals surface area contributed by atoms with Crippen LogP contribution in [0.15, 0.2) is 18.3 Å². The molecule has 0 saturated carbocycles. The van der Waals surface area contributed by atoms with Gasteiger partial charge in [-0.25, -0.2) is 4.98 Å². The van der Waals surface area contributed by atoms with Crippen LogP contribution in [0, 0.1) is 5.92 Å². The van der Waals surface area contributed by atoms with Crippen LogP contribution in [0.5, 0.6) is 5.88 Å². The van der Waals surface area contributed by atoms with Crippen molar-refractivity contribution in [3.63, 3.8) is 0 Å². The summed E-state index contributed by atoms with van der Waals surface area (Å²) in [5, 5.41) is 3.47. The molecule has 2 heterocycles.